The maximum Gasteiger partial charge on any atom is 0.257 e. The van der Waals surface area contributed by atoms with Crippen LogP contribution in [0.15, 0.2) is 48.5 Å². The van der Waals surface area contributed by atoms with Gasteiger partial charge in [0.15, 0.2) is 0 Å². The van der Waals surface area contributed by atoms with E-state index in [4.69, 9.17) is 4.74 Å². The highest BCUT2D eigenvalue weighted by Crippen LogP contribution is 2.21. The molecule has 0 heterocycles. The minimum absolute atomic E-state index is 0.206. The molecule has 0 spiro atoms. The third-order valence-corrected chi connectivity index (χ3v) is 3.40. The fourth-order valence-corrected chi connectivity index (χ4v) is 2.37. The molecule has 0 aliphatic carbocycles. The van der Waals surface area contributed by atoms with E-state index in [0.717, 1.165) is 5.56 Å². The molecule has 0 saturated heterocycles. The first-order chi connectivity index (χ1) is 11.3. The van der Waals surface area contributed by atoms with E-state index in [-0.39, 0.29) is 24.9 Å². The average Bonchev–Trinajstić information content (AvgIpc) is 2.52. The molecule has 0 bridgehead atoms. The van der Waals surface area contributed by atoms with Gasteiger partial charge in [0.25, 0.3) is 5.91 Å². The number of hydrogen-bond donors (Lipinski definition) is 1. The fourth-order valence-electron chi connectivity index (χ4n) is 2.37. The van der Waals surface area contributed by atoms with Crippen LogP contribution in [0.25, 0.3) is 0 Å². The summed E-state index contributed by atoms with van der Waals surface area (Å²) in [6.45, 7) is 3.74. The number of amides is 1. The lowest BCUT2D eigenvalue weighted by molar-refractivity contribution is 0.0365. The van der Waals surface area contributed by atoms with E-state index in [2.05, 4.69) is 0 Å². The summed E-state index contributed by atoms with van der Waals surface area (Å²) < 4.78 is 18.7. The van der Waals surface area contributed by atoms with Crippen LogP contribution in [0, 0.1) is 5.82 Å². The molecule has 1 N–H and O–H groups in total. The zero-order chi connectivity index (χ0) is 17.7. The molecule has 1 amide bonds. The van der Waals surface area contributed by atoms with E-state index < -0.39 is 5.60 Å². The summed E-state index contributed by atoms with van der Waals surface area (Å²) in [6.07, 6.45) is 0. The Balaban J connectivity index is 2.11. The van der Waals surface area contributed by atoms with Crippen molar-refractivity contribution in [2.24, 2.45) is 0 Å². The molecule has 24 heavy (non-hydrogen) atoms. The third kappa shape index (κ3) is 5.06. The van der Waals surface area contributed by atoms with Crippen LogP contribution in [-0.2, 0) is 6.61 Å². The SMILES string of the molecule is CN(CC(C)(C)O)C(=O)c1ccccc1OCc1ccc(F)cc1. The molecule has 0 unspecified atom stereocenters. The number of carbonyl (C=O) groups excluding carboxylic acids is 1. The molecular formula is C19H22FNO3. The number of para-hydroxylation sites is 1. The first kappa shape index (κ1) is 17.9. The van der Waals surface area contributed by atoms with Crippen LogP contribution >= 0.6 is 0 Å². The predicted molar refractivity (Wildman–Crippen MR) is 90.4 cm³/mol. The summed E-state index contributed by atoms with van der Waals surface area (Å²) in [7, 11) is 1.64. The van der Waals surface area contributed by atoms with Crippen LogP contribution in [0.3, 0.4) is 0 Å². The molecule has 0 aliphatic heterocycles. The predicted octanol–water partition coefficient (Wildman–Crippen LogP) is 3.25. The molecule has 0 radical (unpaired) electrons. The van der Waals surface area contributed by atoms with Gasteiger partial charge in [-0.25, -0.2) is 4.39 Å². The summed E-state index contributed by atoms with van der Waals surface area (Å²) in [6, 6.07) is 13.0. The van der Waals surface area contributed by atoms with Crippen LogP contribution in [0.4, 0.5) is 4.39 Å². The van der Waals surface area contributed by atoms with Crippen molar-refractivity contribution < 1.29 is 19.0 Å². The second-order valence-electron chi connectivity index (χ2n) is 6.38. The minimum atomic E-state index is -0.978. The normalized spacial score (nSPS) is 11.2. The number of carbonyl (C=O) groups is 1. The second-order valence-corrected chi connectivity index (χ2v) is 6.38. The van der Waals surface area contributed by atoms with E-state index in [1.54, 1.807) is 57.3 Å². The lowest BCUT2D eigenvalue weighted by Crippen LogP contribution is -2.39. The Kier molecular flexibility index (Phi) is 5.57. The van der Waals surface area contributed by atoms with Crippen LogP contribution in [0.1, 0.15) is 29.8 Å². The van der Waals surface area contributed by atoms with Gasteiger partial charge < -0.3 is 14.7 Å². The molecule has 5 heteroatoms. The summed E-state index contributed by atoms with van der Waals surface area (Å²) in [5.74, 6) is -0.0798. The van der Waals surface area contributed by atoms with Gasteiger partial charge in [-0.3, -0.25) is 4.79 Å². The van der Waals surface area contributed by atoms with Gasteiger partial charge in [-0.2, -0.15) is 0 Å². The van der Waals surface area contributed by atoms with E-state index in [0.29, 0.717) is 11.3 Å². The average molecular weight is 331 g/mol. The Morgan fingerprint density at radius 3 is 2.42 bits per heavy atom. The van der Waals surface area contributed by atoms with E-state index in [1.807, 2.05) is 0 Å². The zero-order valence-corrected chi connectivity index (χ0v) is 14.1. The first-order valence-electron chi connectivity index (χ1n) is 7.70. The van der Waals surface area contributed by atoms with E-state index >= 15 is 0 Å². The lowest BCUT2D eigenvalue weighted by Gasteiger charge is -2.26. The fraction of sp³-hybridized carbons (Fsp3) is 0.316. The lowest BCUT2D eigenvalue weighted by atomic mass is 10.1. The number of aliphatic hydroxyl groups is 1. The van der Waals surface area contributed by atoms with Crippen LogP contribution in [0.5, 0.6) is 5.75 Å². The molecule has 0 aliphatic rings. The van der Waals surface area contributed by atoms with Crippen LogP contribution in [0.2, 0.25) is 0 Å². The largest absolute Gasteiger partial charge is 0.488 e. The number of hydrogen-bond acceptors (Lipinski definition) is 3. The smallest absolute Gasteiger partial charge is 0.257 e. The quantitative estimate of drug-likeness (QED) is 0.884. The van der Waals surface area contributed by atoms with Crippen molar-refractivity contribution in [3.05, 3.63) is 65.5 Å². The first-order valence-corrected chi connectivity index (χ1v) is 7.70. The van der Waals surface area contributed by atoms with Gasteiger partial charge in [-0.15, -0.1) is 0 Å². The highest BCUT2D eigenvalue weighted by Gasteiger charge is 2.22. The van der Waals surface area contributed by atoms with Crippen molar-refractivity contribution >= 4 is 5.91 Å². The summed E-state index contributed by atoms with van der Waals surface area (Å²) in [5.41, 5.74) is 0.253. The minimum Gasteiger partial charge on any atom is -0.488 e. The summed E-state index contributed by atoms with van der Waals surface area (Å²) >= 11 is 0. The number of benzene rings is 2. The van der Waals surface area contributed by atoms with Gasteiger partial charge in [0, 0.05) is 13.6 Å². The van der Waals surface area contributed by atoms with Crippen LogP contribution in [-0.4, -0.2) is 35.1 Å². The van der Waals surface area contributed by atoms with Crippen molar-refractivity contribution in [3.8, 4) is 5.75 Å². The Hall–Kier alpha value is -2.40. The molecule has 2 aromatic carbocycles. The van der Waals surface area contributed by atoms with E-state index in [9.17, 15) is 14.3 Å². The van der Waals surface area contributed by atoms with Gasteiger partial charge in [0.1, 0.15) is 18.2 Å². The van der Waals surface area contributed by atoms with Gasteiger partial charge in [0.2, 0.25) is 0 Å². The van der Waals surface area contributed by atoms with Crippen molar-refractivity contribution in [1.82, 2.24) is 4.90 Å². The molecule has 0 fully saturated rings. The monoisotopic (exact) mass is 331 g/mol. The maximum atomic E-state index is 12.9. The molecule has 2 rings (SSSR count). The molecule has 4 nitrogen and oxygen atoms in total. The number of likely N-dealkylation sites (N-methyl/N-ethyl adjacent to an activating group) is 1. The molecule has 128 valence electrons. The maximum absolute atomic E-state index is 12.9. The third-order valence-electron chi connectivity index (χ3n) is 3.40. The summed E-state index contributed by atoms with van der Waals surface area (Å²) in [4.78, 5) is 14.0. The molecule has 0 aromatic heterocycles. The molecule has 0 atom stereocenters. The highest BCUT2D eigenvalue weighted by atomic mass is 19.1. The van der Waals surface area contributed by atoms with E-state index in [1.165, 1.54) is 17.0 Å². The highest BCUT2D eigenvalue weighted by molar-refractivity contribution is 5.96. The van der Waals surface area contributed by atoms with Crippen molar-refractivity contribution in [2.75, 3.05) is 13.6 Å². The van der Waals surface area contributed by atoms with Crippen molar-refractivity contribution in [1.29, 1.82) is 0 Å². The summed E-state index contributed by atoms with van der Waals surface area (Å²) in [5, 5.41) is 9.87. The zero-order valence-electron chi connectivity index (χ0n) is 14.1. The van der Waals surface area contributed by atoms with Crippen molar-refractivity contribution in [3.63, 3.8) is 0 Å². The molecule has 2 aromatic rings. The topological polar surface area (TPSA) is 49.8 Å². The number of ether oxygens (including phenoxy) is 1. The van der Waals surface area contributed by atoms with Crippen LogP contribution < -0.4 is 4.74 Å². The Morgan fingerprint density at radius 1 is 1.17 bits per heavy atom. The van der Waals surface area contributed by atoms with Gasteiger partial charge in [-0.1, -0.05) is 24.3 Å². The standard InChI is InChI=1S/C19H22FNO3/c1-19(2,23)13-21(3)18(22)16-6-4-5-7-17(16)24-12-14-8-10-15(20)11-9-14/h4-11,23H,12-13H2,1-3H3. The Morgan fingerprint density at radius 2 is 1.79 bits per heavy atom. The number of nitrogens with zero attached hydrogens (tertiary/aromatic N) is 1. The van der Waals surface area contributed by atoms with Crippen molar-refractivity contribution in [2.45, 2.75) is 26.1 Å². The van der Waals surface area contributed by atoms with Gasteiger partial charge in [-0.05, 0) is 43.7 Å². The number of rotatable bonds is 6. The Labute approximate surface area is 141 Å². The molecular weight excluding hydrogens is 309 g/mol. The molecule has 0 saturated carbocycles. The van der Waals surface area contributed by atoms with Gasteiger partial charge >= 0.3 is 0 Å². The number of halogens is 1. The van der Waals surface area contributed by atoms with Gasteiger partial charge in [0.05, 0.1) is 11.2 Å². The Bertz CT molecular complexity index is 693. The second kappa shape index (κ2) is 7.45.